The summed E-state index contributed by atoms with van der Waals surface area (Å²) in [4.78, 5) is 23.5. The van der Waals surface area contributed by atoms with Gasteiger partial charge in [-0.05, 0) is 44.9 Å². The lowest BCUT2D eigenvalue weighted by atomic mass is 10.0. The monoisotopic (exact) mass is 1190 g/mol. The van der Waals surface area contributed by atoms with Crippen LogP contribution in [-0.4, -0.2) is 73.4 Å². The van der Waals surface area contributed by atoms with E-state index in [1.165, 1.54) is 340 Å². The minimum atomic E-state index is -4.35. The number of nitrogens with one attached hydrogen (secondary N) is 1. The Bertz CT molecular complexity index is 1400. The number of phosphoric ester groups is 1. The Kier molecular flexibility index (Phi) is 64.6. The van der Waals surface area contributed by atoms with E-state index in [2.05, 4.69) is 31.3 Å². The Balaban J connectivity index is 4.00. The number of unbranched alkanes of at least 4 members (excludes halogenated alkanes) is 55. The van der Waals surface area contributed by atoms with Crippen molar-refractivity contribution in [3.8, 4) is 0 Å². The summed E-state index contributed by atoms with van der Waals surface area (Å²) < 4.78 is 23.9. The molecule has 0 saturated carbocycles. The number of phosphoric acid groups is 1. The molecule has 0 aliphatic rings. The summed E-state index contributed by atoms with van der Waals surface area (Å²) in [5.41, 5.74) is 0. The number of likely N-dealkylation sites (N-methyl/N-ethyl adjacent to an activating group) is 1. The van der Waals surface area contributed by atoms with E-state index in [1.54, 1.807) is 6.08 Å². The lowest BCUT2D eigenvalue weighted by Gasteiger charge is -2.25. The van der Waals surface area contributed by atoms with Crippen molar-refractivity contribution in [2.75, 3.05) is 40.9 Å². The molecule has 0 aromatic carbocycles. The Hall–Kier alpha value is -1.02. The smallest absolute Gasteiger partial charge is 0.387 e. The second-order valence-electron chi connectivity index (χ2n) is 27.0. The molecule has 0 aromatic heterocycles. The van der Waals surface area contributed by atoms with Crippen molar-refractivity contribution in [3.63, 3.8) is 0 Å². The average molecular weight is 1190 g/mol. The first-order valence-electron chi connectivity index (χ1n) is 37.2. The average Bonchev–Trinajstić information content (AvgIpc) is 3.50. The van der Waals surface area contributed by atoms with Crippen LogP contribution in [0.2, 0.25) is 0 Å². The fourth-order valence-corrected chi connectivity index (χ4v) is 12.4. The van der Waals surface area contributed by atoms with E-state index in [4.69, 9.17) is 9.05 Å². The number of hydrogen-bond acceptors (Lipinski definition) is 5. The van der Waals surface area contributed by atoms with E-state index in [0.29, 0.717) is 17.4 Å². The van der Waals surface area contributed by atoms with Crippen molar-refractivity contribution in [2.45, 2.75) is 405 Å². The van der Waals surface area contributed by atoms with Crippen LogP contribution in [0, 0.1) is 0 Å². The number of quaternary nitrogens is 1. The normalized spacial score (nSPS) is 13.7. The molecular formula is C74H148N2O6P+. The number of rotatable bonds is 70. The van der Waals surface area contributed by atoms with Crippen molar-refractivity contribution in [1.29, 1.82) is 0 Å². The van der Waals surface area contributed by atoms with Gasteiger partial charge >= 0.3 is 7.82 Å². The van der Waals surface area contributed by atoms with Crippen LogP contribution in [-0.2, 0) is 18.4 Å². The number of hydrogen-bond donors (Lipinski definition) is 3. The van der Waals surface area contributed by atoms with Gasteiger partial charge in [0, 0.05) is 6.42 Å². The minimum Gasteiger partial charge on any atom is -0.387 e. The number of amides is 1. The van der Waals surface area contributed by atoms with E-state index < -0.39 is 20.0 Å². The van der Waals surface area contributed by atoms with Crippen molar-refractivity contribution in [2.24, 2.45) is 0 Å². The highest BCUT2D eigenvalue weighted by Crippen LogP contribution is 2.43. The van der Waals surface area contributed by atoms with Gasteiger partial charge in [0.2, 0.25) is 5.91 Å². The van der Waals surface area contributed by atoms with Gasteiger partial charge in [-0.3, -0.25) is 13.8 Å². The zero-order chi connectivity index (χ0) is 60.5. The number of carbonyl (C=O) groups is 1. The molecule has 8 nitrogen and oxygen atoms in total. The summed E-state index contributed by atoms with van der Waals surface area (Å²) in [6, 6.07) is -0.846. The molecule has 3 unspecified atom stereocenters. The molecule has 3 N–H and O–H groups in total. The molecule has 0 rings (SSSR count). The molecule has 0 spiro atoms. The van der Waals surface area contributed by atoms with Crippen LogP contribution in [0.3, 0.4) is 0 Å². The SMILES string of the molecule is CCCCCCCCCC/C=C\CCCCCCCCCCCCCCCCCCCC(=O)NC(COP(=O)(O)OCC[N+](C)(C)C)C(O)/C=C/CCCCCCCCCCCCCCCCCCCCCCCCCCCCCCCC. The second-order valence-corrected chi connectivity index (χ2v) is 28.5. The molecule has 0 radical (unpaired) electrons. The third-order valence-electron chi connectivity index (χ3n) is 17.4. The topological polar surface area (TPSA) is 105 Å². The molecule has 0 fully saturated rings. The Morgan fingerprint density at radius 1 is 0.398 bits per heavy atom. The van der Waals surface area contributed by atoms with Crippen LogP contribution in [0.15, 0.2) is 24.3 Å². The van der Waals surface area contributed by atoms with Crippen molar-refractivity contribution >= 4 is 13.7 Å². The molecule has 494 valence electrons. The van der Waals surface area contributed by atoms with Crippen LogP contribution >= 0.6 is 7.82 Å². The summed E-state index contributed by atoms with van der Waals surface area (Å²) in [7, 11) is 1.59. The Morgan fingerprint density at radius 2 is 0.651 bits per heavy atom. The van der Waals surface area contributed by atoms with E-state index in [0.717, 1.165) is 32.1 Å². The van der Waals surface area contributed by atoms with Crippen LogP contribution in [0.5, 0.6) is 0 Å². The molecule has 83 heavy (non-hydrogen) atoms. The molecule has 0 aliphatic heterocycles. The first-order valence-corrected chi connectivity index (χ1v) is 38.7. The largest absolute Gasteiger partial charge is 0.472 e. The van der Waals surface area contributed by atoms with Gasteiger partial charge in [0.05, 0.1) is 39.9 Å². The zero-order valence-electron chi connectivity index (χ0n) is 56.7. The van der Waals surface area contributed by atoms with Gasteiger partial charge < -0.3 is 19.8 Å². The number of nitrogens with zero attached hydrogens (tertiary/aromatic N) is 1. The van der Waals surface area contributed by atoms with Crippen molar-refractivity contribution in [1.82, 2.24) is 5.32 Å². The lowest BCUT2D eigenvalue weighted by molar-refractivity contribution is -0.870. The summed E-state index contributed by atoms with van der Waals surface area (Å²) in [6.07, 6.45) is 86.3. The standard InChI is InChI=1S/C74H147N2O6P/c1-6-8-10-12-14-16-18-20-22-24-26-28-30-32-34-36-37-38-40-41-43-45-47-49-51-53-55-57-59-61-63-65-67-73(77)72(71-82-83(79,80)81-70-69-76(3,4)5)75-74(78)68-66-64-62-60-58-56-54-52-50-48-46-44-42-39-35-33-31-29-27-25-23-21-19-17-15-13-11-9-7-2/h25,27,65,67,72-73,77H,6-24,26,28-64,66,68-71H2,1-5H3,(H-,75,78,79,80)/p+1/b27-25-,67-65+. The molecule has 0 bridgehead atoms. The van der Waals surface area contributed by atoms with Crippen LogP contribution < -0.4 is 5.32 Å². The first-order chi connectivity index (χ1) is 40.5. The van der Waals surface area contributed by atoms with Gasteiger partial charge in [-0.25, -0.2) is 4.57 Å². The number of allylic oxidation sites excluding steroid dienone is 3. The van der Waals surface area contributed by atoms with Gasteiger partial charge in [-0.2, -0.15) is 0 Å². The summed E-state index contributed by atoms with van der Waals surface area (Å²) >= 11 is 0. The number of carbonyl (C=O) groups excluding carboxylic acids is 1. The molecule has 0 aliphatic carbocycles. The fraction of sp³-hybridized carbons (Fsp3) is 0.932. The summed E-state index contributed by atoms with van der Waals surface area (Å²) in [6.45, 7) is 4.88. The van der Waals surface area contributed by atoms with E-state index >= 15 is 0 Å². The molecule has 9 heteroatoms. The Morgan fingerprint density at radius 3 is 0.928 bits per heavy atom. The van der Waals surface area contributed by atoms with Gasteiger partial charge in [0.1, 0.15) is 13.2 Å². The van der Waals surface area contributed by atoms with Crippen molar-refractivity contribution in [3.05, 3.63) is 24.3 Å². The first kappa shape index (κ1) is 82.0. The minimum absolute atomic E-state index is 0.0644. The third-order valence-corrected chi connectivity index (χ3v) is 18.4. The van der Waals surface area contributed by atoms with E-state index in [-0.39, 0.29) is 19.1 Å². The molecule has 3 atom stereocenters. The predicted octanol–water partition coefficient (Wildman–Crippen LogP) is 23.8. The number of aliphatic hydroxyl groups is 1. The van der Waals surface area contributed by atoms with Crippen LogP contribution in [0.1, 0.15) is 393 Å². The second kappa shape index (κ2) is 65.4. The van der Waals surface area contributed by atoms with Gasteiger partial charge in [-0.15, -0.1) is 0 Å². The van der Waals surface area contributed by atoms with Crippen molar-refractivity contribution < 1.29 is 32.9 Å². The summed E-state index contributed by atoms with van der Waals surface area (Å²) in [5, 5.41) is 14.0. The molecule has 0 heterocycles. The fourth-order valence-electron chi connectivity index (χ4n) is 11.6. The highest BCUT2D eigenvalue weighted by Gasteiger charge is 2.28. The third kappa shape index (κ3) is 68.3. The van der Waals surface area contributed by atoms with Gasteiger partial charge in [-0.1, -0.05) is 366 Å². The van der Waals surface area contributed by atoms with Gasteiger partial charge in [0.25, 0.3) is 0 Å². The quantitative estimate of drug-likeness (QED) is 0.0243. The van der Waals surface area contributed by atoms with E-state index in [9.17, 15) is 19.4 Å². The highest BCUT2D eigenvalue weighted by atomic mass is 31.2. The highest BCUT2D eigenvalue weighted by molar-refractivity contribution is 7.47. The lowest BCUT2D eigenvalue weighted by Crippen LogP contribution is -2.45. The zero-order valence-corrected chi connectivity index (χ0v) is 57.6. The maximum absolute atomic E-state index is 13.1. The maximum Gasteiger partial charge on any atom is 0.472 e. The molecule has 0 saturated heterocycles. The molecular weight excluding hydrogens is 1040 g/mol. The summed E-state index contributed by atoms with van der Waals surface area (Å²) in [5.74, 6) is -0.168. The maximum atomic E-state index is 13.1. The predicted molar refractivity (Wildman–Crippen MR) is 365 cm³/mol. The van der Waals surface area contributed by atoms with Gasteiger partial charge in [0.15, 0.2) is 0 Å². The Labute approximate surface area is 519 Å². The van der Waals surface area contributed by atoms with Crippen LogP contribution in [0.25, 0.3) is 0 Å². The van der Waals surface area contributed by atoms with E-state index in [1.807, 2.05) is 27.2 Å². The molecule has 0 aromatic rings. The molecule has 1 amide bonds. The van der Waals surface area contributed by atoms with Crippen LogP contribution in [0.4, 0.5) is 0 Å². The number of aliphatic hydroxyl groups excluding tert-OH is 1.